The van der Waals surface area contributed by atoms with Crippen molar-refractivity contribution in [3.05, 3.63) is 39.2 Å². The molecule has 1 atom stereocenters. The summed E-state index contributed by atoms with van der Waals surface area (Å²) >= 11 is 5.81. The molecule has 0 amide bonds. The van der Waals surface area contributed by atoms with E-state index >= 15 is 0 Å². The van der Waals surface area contributed by atoms with Gasteiger partial charge in [0.05, 0.1) is 0 Å². The van der Waals surface area contributed by atoms with Crippen LogP contribution in [0.2, 0.25) is 5.02 Å². The Morgan fingerprint density at radius 2 is 2.16 bits per heavy atom. The Hall–Kier alpha value is -2.01. The van der Waals surface area contributed by atoms with Gasteiger partial charge in [-0.2, -0.15) is 0 Å². The first kappa shape index (κ1) is 13.4. The number of carbonyl (C=O) groups is 1. The van der Waals surface area contributed by atoms with Gasteiger partial charge in [0.2, 0.25) is 0 Å². The van der Waals surface area contributed by atoms with E-state index in [1.165, 1.54) is 13.0 Å². The molecule has 0 fully saturated rings. The summed E-state index contributed by atoms with van der Waals surface area (Å²) in [6.07, 6.45) is -0.988. The standard InChI is InChI=1S/C13H11ClO5/c1-6-9-4-3-8(18-7(2)12(15)16)5-10(9)19-13(17)11(6)14/h3-5,7H,1-2H3,(H,15,16). The van der Waals surface area contributed by atoms with E-state index < -0.39 is 17.7 Å². The third-order valence-electron chi connectivity index (χ3n) is 2.73. The van der Waals surface area contributed by atoms with Crippen molar-refractivity contribution in [2.45, 2.75) is 20.0 Å². The number of fused-ring (bicyclic) bond motifs is 1. The number of hydrogen-bond donors (Lipinski definition) is 1. The molecule has 0 aliphatic heterocycles. The van der Waals surface area contributed by atoms with E-state index in [0.717, 1.165) is 0 Å². The Morgan fingerprint density at radius 3 is 2.79 bits per heavy atom. The number of carboxylic acids is 1. The van der Waals surface area contributed by atoms with Crippen molar-refractivity contribution in [3.8, 4) is 5.75 Å². The molecule has 1 N–H and O–H groups in total. The number of hydrogen-bond acceptors (Lipinski definition) is 4. The molecule has 1 aromatic heterocycles. The summed E-state index contributed by atoms with van der Waals surface area (Å²) in [7, 11) is 0. The maximum atomic E-state index is 11.5. The van der Waals surface area contributed by atoms with Gasteiger partial charge in [-0.1, -0.05) is 11.6 Å². The topological polar surface area (TPSA) is 76.7 Å². The lowest BCUT2D eigenvalue weighted by Gasteiger charge is -2.11. The SMILES string of the molecule is Cc1c(Cl)c(=O)oc2cc(OC(C)C(=O)O)ccc12. The highest BCUT2D eigenvalue weighted by atomic mass is 35.5. The smallest absolute Gasteiger partial charge is 0.355 e. The van der Waals surface area contributed by atoms with Crippen LogP contribution >= 0.6 is 11.6 Å². The molecule has 0 spiro atoms. The fraction of sp³-hybridized carbons (Fsp3) is 0.231. The maximum Gasteiger partial charge on any atom is 0.355 e. The summed E-state index contributed by atoms with van der Waals surface area (Å²) in [5.41, 5.74) is 0.294. The second-order valence-electron chi connectivity index (χ2n) is 4.08. The largest absolute Gasteiger partial charge is 0.479 e. The number of rotatable bonds is 3. The molecule has 0 aliphatic carbocycles. The molecule has 100 valence electrons. The molecule has 6 heteroatoms. The van der Waals surface area contributed by atoms with Gasteiger partial charge in [0.15, 0.2) is 6.10 Å². The molecule has 0 radical (unpaired) electrons. The fourth-order valence-corrected chi connectivity index (χ4v) is 1.78. The molecule has 2 aromatic rings. The van der Waals surface area contributed by atoms with E-state index in [4.69, 9.17) is 25.9 Å². The lowest BCUT2D eigenvalue weighted by molar-refractivity contribution is -0.144. The molecule has 0 aliphatic rings. The van der Waals surface area contributed by atoms with E-state index in [1.807, 2.05) is 0 Å². The molecule has 1 unspecified atom stereocenters. The van der Waals surface area contributed by atoms with Crippen LogP contribution in [0.3, 0.4) is 0 Å². The van der Waals surface area contributed by atoms with Crippen LogP contribution in [-0.4, -0.2) is 17.2 Å². The van der Waals surface area contributed by atoms with Crippen molar-refractivity contribution in [1.82, 2.24) is 0 Å². The minimum absolute atomic E-state index is 0.0417. The van der Waals surface area contributed by atoms with Crippen LogP contribution in [0.15, 0.2) is 27.4 Å². The van der Waals surface area contributed by atoms with Crippen molar-refractivity contribution in [1.29, 1.82) is 0 Å². The fourth-order valence-electron chi connectivity index (χ4n) is 1.64. The third kappa shape index (κ3) is 2.56. The molecule has 2 rings (SSSR count). The highest BCUT2D eigenvalue weighted by Crippen LogP contribution is 2.26. The Morgan fingerprint density at radius 1 is 1.47 bits per heavy atom. The zero-order valence-electron chi connectivity index (χ0n) is 10.3. The summed E-state index contributed by atoms with van der Waals surface area (Å²) in [4.78, 5) is 22.2. The average molecular weight is 283 g/mol. The quantitative estimate of drug-likeness (QED) is 0.876. The van der Waals surface area contributed by atoms with Crippen LogP contribution in [0.5, 0.6) is 5.75 Å². The zero-order valence-corrected chi connectivity index (χ0v) is 11.0. The summed E-state index contributed by atoms with van der Waals surface area (Å²) in [5, 5.41) is 9.49. The van der Waals surface area contributed by atoms with Gasteiger partial charge in [0, 0.05) is 11.5 Å². The van der Waals surface area contributed by atoms with Crippen molar-refractivity contribution in [2.24, 2.45) is 0 Å². The van der Waals surface area contributed by atoms with Gasteiger partial charge < -0.3 is 14.3 Å². The lowest BCUT2D eigenvalue weighted by atomic mass is 10.1. The van der Waals surface area contributed by atoms with Gasteiger partial charge in [-0.25, -0.2) is 9.59 Å². The highest BCUT2D eigenvalue weighted by Gasteiger charge is 2.14. The molecule has 19 heavy (non-hydrogen) atoms. The minimum atomic E-state index is -1.08. The Labute approximate surface area is 113 Å². The van der Waals surface area contributed by atoms with Gasteiger partial charge >= 0.3 is 11.6 Å². The van der Waals surface area contributed by atoms with Crippen molar-refractivity contribution < 1.29 is 19.1 Å². The molecule has 0 saturated carbocycles. The van der Waals surface area contributed by atoms with E-state index in [2.05, 4.69) is 0 Å². The predicted molar refractivity (Wildman–Crippen MR) is 70.0 cm³/mol. The van der Waals surface area contributed by atoms with Gasteiger partial charge in [0.1, 0.15) is 16.4 Å². The van der Waals surface area contributed by atoms with Crippen LogP contribution < -0.4 is 10.4 Å². The predicted octanol–water partition coefficient (Wildman–Crippen LogP) is 2.61. The molecule has 0 saturated heterocycles. The number of carboxylic acid groups (broad SMARTS) is 1. The summed E-state index contributed by atoms with van der Waals surface area (Å²) < 4.78 is 10.2. The second kappa shape index (κ2) is 4.93. The van der Waals surface area contributed by atoms with Gasteiger partial charge in [0.25, 0.3) is 0 Å². The minimum Gasteiger partial charge on any atom is -0.479 e. The van der Waals surface area contributed by atoms with Gasteiger partial charge in [-0.05, 0) is 31.5 Å². The van der Waals surface area contributed by atoms with Crippen LogP contribution in [0.4, 0.5) is 0 Å². The number of aryl methyl sites for hydroxylation is 1. The summed E-state index contributed by atoms with van der Waals surface area (Å²) in [5.74, 6) is -0.763. The molecular formula is C13H11ClO5. The highest BCUT2D eigenvalue weighted by molar-refractivity contribution is 6.31. The average Bonchev–Trinajstić information content (AvgIpc) is 2.35. The van der Waals surface area contributed by atoms with E-state index in [9.17, 15) is 9.59 Å². The molecule has 0 bridgehead atoms. The van der Waals surface area contributed by atoms with Crippen LogP contribution in [0, 0.1) is 6.92 Å². The van der Waals surface area contributed by atoms with Crippen molar-refractivity contribution >= 4 is 28.5 Å². The summed E-state index contributed by atoms with van der Waals surface area (Å²) in [6, 6.07) is 4.74. The molecular weight excluding hydrogens is 272 g/mol. The van der Waals surface area contributed by atoms with Crippen LogP contribution in [-0.2, 0) is 4.79 Å². The van der Waals surface area contributed by atoms with Crippen LogP contribution in [0.1, 0.15) is 12.5 Å². The Balaban J connectivity index is 2.50. The first-order chi connectivity index (χ1) is 8.90. The van der Waals surface area contributed by atoms with E-state index in [-0.39, 0.29) is 5.02 Å². The number of ether oxygens (including phenoxy) is 1. The first-order valence-corrected chi connectivity index (χ1v) is 5.90. The number of halogens is 1. The monoisotopic (exact) mass is 282 g/mol. The van der Waals surface area contributed by atoms with Gasteiger partial charge in [-0.15, -0.1) is 0 Å². The normalized spacial score (nSPS) is 12.4. The molecule has 1 aromatic carbocycles. The second-order valence-corrected chi connectivity index (χ2v) is 4.46. The summed E-state index contributed by atoms with van der Waals surface area (Å²) in [6.45, 7) is 3.12. The lowest BCUT2D eigenvalue weighted by Crippen LogP contribution is -2.22. The first-order valence-electron chi connectivity index (χ1n) is 5.52. The van der Waals surface area contributed by atoms with Crippen molar-refractivity contribution in [2.75, 3.05) is 0 Å². The Kier molecular flexibility index (Phi) is 3.48. The molecule has 1 heterocycles. The van der Waals surface area contributed by atoms with Crippen LogP contribution in [0.25, 0.3) is 11.0 Å². The Bertz CT molecular complexity index is 704. The number of aliphatic carboxylic acids is 1. The molecule has 5 nitrogen and oxygen atoms in total. The zero-order chi connectivity index (χ0) is 14.2. The van der Waals surface area contributed by atoms with Crippen molar-refractivity contribution in [3.63, 3.8) is 0 Å². The third-order valence-corrected chi connectivity index (χ3v) is 3.17. The van der Waals surface area contributed by atoms with E-state index in [1.54, 1.807) is 19.1 Å². The van der Waals surface area contributed by atoms with E-state index in [0.29, 0.717) is 22.3 Å². The maximum absolute atomic E-state index is 11.5. The van der Waals surface area contributed by atoms with Gasteiger partial charge in [-0.3, -0.25) is 0 Å². The number of benzene rings is 1.